The van der Waals surface area contributed by atoms with Crippen LogP contribution in [0.5, 0.6) is 0 Å². The van der Waals surface area contributed by atoms with E-state index in [9.17, 15) is 4.79 Å². The zero-order valence-electron chi connectivity index (χ0n) is 8.32. The second-order valence-electron chi connectivity index (χ2n) is 2.96. The third kappa shape index (κ3) is 2.22. The molecule has 1 N–H and O–H groups in total. The van der Waals surface area contributed by atoms with Gasteiger partial charge in [0.05, 0.1) is 12.5 Å². The Kier molecular flexibility index (Phi) is 2.91. The minimum absolute atomic E-state index is 0.104. The van der Waals surface area contributed by atoms with Crippen molar-refractivity contribution < 1.29 is 14.4 Å². The lowest BCUT2D eigenvalue weighted by molar-refractivity contribution is -0.133. The van der Waals surface area contributed by atoms with Gasteiger partial charge in [0.2, 0.25) is 5.82 Å². The monoisotopic (exact) mass is 240 g/mol. The van der Waals surface area contributed by atoms with Crippen LogP contribution in [0.1, 0.15) is 0 Å². The van der Waals surface area contributed by atoms with E-state index in [1.807, 2.05) is 7.05 Å². The van der Waals surface area contributed by atoms with Crippen LogP contribution in [0.2, 0.25) is 0 Å². The predicted octanol–water partition coefficient (Wildman–Crippen LogP) is 0.647. The highest BCUT2D eigenvalue weighted by molar-refractivity contribution is 7.99. The number of rotatable bonds is 4. The van der Waals surface area contributed by atoms with Crippen molar-refractivity contribution in [1.29, 1.82) is 0 Å². The lowest BCUT2D eigenvalue weighted by Gasteiger charge is -1.92. The summed E-state index contributed by atoms with van der Waals surface area (Å²) in [5.41, 5.74) is 0.714. The molecule has 7 nitrogen and oxygen atoms in total. The number of thioether (sulfide) groups is 1. The van der Waals surface area contributed by atoms with E-state index < -0.39 is 5.97 Å². The van der Waals surface area contributed by atoms with E-state index in [0.717, 1.165) is 11.8 Å². The Morgan fingerprint density at radius 2 is 2.50 bits per heavy atom. The molecule has 0 spiro atoms. The summed E-state index contributed by atoms with van der Waals surface area (Å²) in [5.74, 6) is -0.634. The van der Waals surface area contributed by atoms with Crippen LogP contribution in [0, 0.1) is 0 Å². The van der Waals surface area contributed by atoms with Crippen molar-refractivity contribution in [2.75, 3.05) is 5.75 Å². The minimum atomic E-state index is -0.926. The Morgan fingerprint density at radius 3 is 3.12 bits per heavy atom. The molecule has 0 radical (unpaired) electrons. The van der Waals surface area contributed by atoms with Crippen molar-refractivity contribution in [3.63, 3.8) is 0 Å². The van der Waals surface area contributed by atoms with Crippen LogP contribution < -0.4 is 0 Å². The van der Waals surface area contributed by atoms with Gasteiger partial charge in [-0.2, -0.15) is 4.98 Å². The second kappa shape index (κ2) is 4.35. The van der Waals surface area contributed by atoms with Crippen molar-refractivity contribution in [2.24, 2.45) is 7.05 Å². The number of carboxylic acid groups (broad SMARTS) is 1. The van der Waals surface area contributed by atoms with Crippen LogP contribution in [-0.2, 0) is 11.8 Å². The fraction of sp³-hybridized carbons (Fsp3) is 0.250. The molecule has 0 saturated heterocycles. The first-order chi connectivity index (χ1) is 7.66. The van der Waals surface area contributed by atoms with Crippen molar-refractivity contribution in [3.8, 4) is 11.5 Å². The zero-order valence-corrected chi connectivity index (χ0v) is 9.14. The highest BCUT2D eigenvalue weighted by Gasteiger charge is 2.12. The number of imidazole rings is 1. The molecule has 8 heteroatoms. The highest BCUT2D eigenvalue weighted by atomic mass is 32.2. The van der Waals surface area contributed by atoms with Crippen molar-refractivity contribution in [1.82, 2.24) is 19.7 Å². The van der Waals surface area contributed by atoms with E-state index >= 15 is 0 Å². The number of aliphatic carboxylic acids is 1. The Hall–Kier alpha value is -1.83. The van der Waals surface area contributed by atoms with E-state index in [1.165, 1.54) is 0 Å². The summed E-state index contributed by atoms with van der Waals surface area (Å²) in [4.78, 5) is 18.3. The Labute approximate surface area is 94.5 Å². The van der Waals surface area contributed by atoms with E-state index in [1.54, 1.807) is 17.1 Å². The number of carboxylic acids is 1. The maximum Gasteiger partial charge on any atom is 0.314 e. The number of hydrogen-bond acceptors (Lipinski definition) is 6. The van der Waals surface area contributed by atoms with Crippen LogP contribution >= 0.6 is 11.8 Å². The topological polar surface area (TPSA) is 94.0 Å². The maximum absolute atomic E-state index is 10.3. The molecule has 0 atom stereocenters. The van der Waals surface area contributed by atoms with Crippen LogP contribution in [0.25, 0.3) is 11.5 Å². The van der Waals surface area contributed by atoms with E-state index in [2.05, 4.69) is 15.1 Å². The second-order valence-corrected chi connectivity index (χ2v) is 3.88. The van der Waals surface area contributed by atoms with Gasteiger partial charge in [-0.1, -0.05) is 16.9 Å². The van der Waals surface area contributed by atoms with Crippen LogP contribution in [-0.4, -0.2) is 36.5 Å². The molecule has 16 heavy (non-hydrogen) atoms. The Balaban J connectivity index is 2.14. The molecule has 0 amide bonds. The highest BCUT2D eigenvalue weighted by Crippen LogP contribution is 2.20. The standard InChI is InChI=1S/C8H8N4O3S/c1-12-4-9-2-5(12)7-10-8(15-11-7)16-3-6(13)14/h2,4H,3H2,1H3,(H,13,14). The fourth-order valence-electron chi connectivity index (χ4n) is 1.07. The average Bonchev–Trinajstić information content (AvgIpc) is 2.83. The third-order valence-corrected chi connectivity index (χ3v) is 2.58. The lowest BCUT2D eigenvalue weighted by atomic mass is 10.4. The van der Waals surface area contributed by atoms with Gasteiger partial charge in [-0.25, -0.2) is 4.98 Å². The first-order valence-corrected chi connectivity index (χ1v) is 5.30. The van der Waals surface area contributed by atoms with E-state index in [-0.39, 0.29) is 11.0 Å². The lowest BCUT2D eigenvalue weighted by Crippen LogP contribution is -1.97. The number of aryl methyl sites for hydroxylation is 1. The molecule has 0 bridgehead atoms. The molecule has 2 aromatic rings. The number of carbonyl (C=O) groups is 1. The molecule has 2 heterocycles. The van der Waals surface area contributed by atoms with Crippen molar-refractivity contribution in [3.05, 3.63) is 12.5 Å². The molecule has 0 aromatic carbocycles. The van der Waals surface area contributed by atoms with Gasteiger partial charge in [0.15, 0.2) is 0 Å². The summed E-state index contributed by atoms with van der Waals surface area (Å²) in [6.07, 6.45) is 3.23. The first-order valence-electron chi connectivity index (χ1n) is 4.32. The van der Waals surface area contributed by atoms with Crippen LogP contribution in [0.4, 0.5) is 0 Å². The summed E-state index contributed by atoms with van der Waals surface area (Å²) in [7, 11) is 1.81. The van der Waals surface area contributed by atoms with E-state index in [4.69, 9.17) is 9.63 Å². The van der Waals surface area contributed by atoms with Crippen LogP contribution in [0.3, 0.4) is 0 Å². The normalized spacial score (nSPS) is 10.6. The maximum atomic E-state index is 10.3. The molecule has 84 valence electrons. The number of hydrogen-bond donors (Lipinski definition) is 1. The predicted molar refractivity (Wildman–Crippen MR) is 54.9 cm³/mol. The Bertz CT molecular complexity index is 507. The largest absolute Gasteiger partial charge is 0.481 e. The Morgan fingerprint density at radius 1 is 1.69 bits per heavy atom. The summed E-state index contributed by atoms with van der Waals surface area (Å²) >= 11 is 0.983. The molecule has 0 aliphatic rings. The van der Waals surface area contributed by atoms with Gasteiger partial charge in [0, 0.05) is 7.05 Å². The zero-order chi connectivity index (χ0) is 11.5. The molecular weight excluding hydrogens is 232 g/mol. The SMILES string of the molecule is Cn1cncc1-c1noc(SCC(=O)O)n1. The summed E-state index contributed by atoms with van der Waals surface area (Å²) < 4.78 is 6.64. The van der Waals surface area contributed by atoms with Gasteiger partial charge in [0.25, 0.3) is 5.22 Å². The molecule has 0 saturated carbocycles. The molecule has 0 aliphatic heterocycles. The summed E-state index contributed by atoms with van der Waals surface area (Å²) in [6, 6.07) is 0. The number of nitrogens with zero attached hydrogens (tertiary/aromatic N) is 4. The van der Waals surface area contributed by atoms with Gasteiger partial charge >= 0.3 is 5.97 Å². The van der Waals surface area contributed by atoms with Crippen molar-refractivity contribution >= 4 is 17.7 Å². The van der Waals surface area contributed by atoms with Crippen molar-refractivity contribution in [2.45, 2.75) is 5.22 Å². The van der Waals surface area contributed by atoms with Gasteiger partial charge in [-0.15, -0.1) is 0 Å². The summed E-state index contributed by atoms with van der Waals surface area (Å²) in [5, 5.41) is 12.5. The molecular formula is C8H8N4O3S. The molecule has 0 fully saturated rings. The fourth-order valence-corrected chi connectivity index (χ4v) is 1.56. The molecule has 2 aromatic heterocycles. The smallest absolute Gasteiger partial charge is 0.314 e. The van der Waals surface area contributed by atoms with Gasteiger partial charge in [-0.05, 0) is 0 Å². The van der Waals surface area contributed by atoms with Gasteiger partial charge in [-0.3, -0.25) is 4.79 Å². The first kappa shape index (κ1) is 10.7. The molecule has 2 rings (SSSR count). The molecule has 0 unspecified atom stereocenters. The van der Waals surface area contributed by atoms with Crippen LogP contribution in [0.15, 0.2) is 22.3 Å². The van der Waals surface area contributed by atoms with E-state index in [0.29, 0.717) is 11.5 Å². The third-order valence-electron chi connectivity index (χ3n) is 1.77. The molecule has 0 aliphatic carbocycles. The average molecular weight is 240 g/mol. The minimum Gasteiger partial charge on any atom is -0.481 e. The summed E-state index contributed by atoms with van der Waals surface area (Å²) in [6.45, 7) is 0. The van der Waals surface area contributed by atoms with Gasteiger partial charge in [0.1, 0.15) is 11.4 Å². The quantitative estimate of drug-likeness (QED) is 0.784. The van der Waals surface area contributed by atoms with Gasteiger partial charge < -0.3 is 14.2 Å². The number of aromatic nitrogens is 4.